The van der Waals surface area contributed by atoms with E-state index < -0.39 is 0 Å². The Morgan fingerprint density at radius 2 is 0.826 bits per heavy atom. The molecule has 0 atom stereocenters. The molecule has 1 saturated carbocycles. The number of rotatable bonds is 20. The van der Waals surface area contributed by atoms with Crippen LogP contribution in [0.1, 0.15) is 137 Å². The molecule has 0 N–H and O–H groups in total. The molecule has 4 aromatic rings. The first kappa shape index (κ1) is 33.7. The molecule has 4 nitrogen and oxygen atoms in total. The van der Waals surface area contributed by atoms with E-state index in [1.807, 2.05) is 24.5 Å². The fourth-order valence-corrected chi connectivity index (χ4v) is 7.18. The van der Waals surface area contributed by atoms with Crippen LogP contribution in [-0.2, 0) is 0 Å². The van der Waals surface area contributed by atoms with E-state index in [1.54, 1.807) is 0 Å². The van der Waals surface area contributed by atoms with Gasteiger partial charge in [-0.1, -0.05) is 114 Å². The van der Waals surface area contributed by atoms with Gasteiger partial charge in [-0.15, -0.1) is 0 Å². The zero-order valence-corrected chi connectivity index (χ0v) is 28.2. The number of nitrogens with zero attached hydrogens (tertiary/aromatic N) is 2. The van der Waals surface area contributed by atoms with Gasteiger partial charge in [0.1, 0.15) is 11.5 Å². The molecule has 1 fully saturated rings. The molecule has 1 aliphatic carbocycles. The third-order valence-corrected chi connectivity index (χ3v) is 9.67. The normalized spacial score (nSPS) is 19.0. The number of unbranched alkanes of at least 4 members (excludes halogenated alkanes) is 10. The molecule has 46 heavy (non-hydrogen) atoms. The van der Waals surface area contributed by atoms with E-state index >= 15 is 0 Å². The lowest BCUT2D eigenvalue weighted by atomic mass is 9.50. The Morgan fingerprint density at radius 3 is 1.20 bits per heavy atom. The van der Waals surface area contributed by atoms with E-state index in [1.165, 1.54) is 75.3 Å². The van der Waals surface area contributed by atoms with Crippen LogP contribution in [0.5, 0.6) is 11.5 Å². The summed E-state index contributed by atoms with van der Waals surface area (Å²) in [6.45, 7) is 6.09. The molecule has 0 bridgehead atoms. The monoisotopic (exact) mass is 618 g/mol. The number of pyridine rings is 2. The quantitative estimate of drug-likeness (QED) is 0.0924. The Morgan fingerprint density at radius 1 is 0.435 bits per heavy atom. The summed E-state index contributed by atoms with van der Waals surface area (Å²) in [5, 5.41) is 0. The van der Waals surface area contributed by atoms with Crippen molar-refractivity contribution in [1.29, 1.82) is 0 Å². The molecule has 0 radical (unpaired) electrons. The molecule has 5 rings (SSSR count). The molecule has 2 aromatic carbocycles. The summed E-state index contributed by atoms with van der Waals surface area (Å²) in [6, 6.07) is 30.3. The minimum atomic E-state index is 0.234. The number of aromatic nitrogens is 2. The van der Waals surface area contributed by atoms with Gasteiger partial charge in [0.05, 0.1) is 13.2 Å². The molecule has 0 aliphatic heterocycles. The maximum atomic E-state index is 6.14. The standard InChI is InChI=1S/C42H54N2O2/c1-3-5-7-9-11-17-31-45-35-25-21-33(22-26-35)39-41(37-19-13-15-29-43-37)40(42(39)38-20-14-16-30-44-38)34-23-27-36(28-24-34)46-32-18-12-10-8-6-4-2/h13-16,19-30,39-42H,3-12,17-18,31-32H2,1-2H3. The third kappa shape index (κ3) is 9.21. The van der Waals surface area contributed by atoms with Gasteiger partial charge in [0.2, 0.25) is 0 Å². The highest BCUT2D eigenvalue weighted by atomic mass is 16.5. The van der Waals surface area contributed by atoms with E-state index in [2.05, 4.69) is 86.6 Å². The van der Waals surface area contributed by atoms with E-state index in [-0.39, 0.29) is 23.7 Å². The fourth-order valence-electron chi connectivity index (χ4n) is 7.18. The van der Waals surface area contributed by atoms with Crippen molar-refractivity contribution in [1.82, 2.24) is 9.97 Å². The SMILES string of the molecule is CCCCCCCCOc1ccc(C2C(c3ccccn3)C(c3ccc(OCCCCCCCC)cc3)C2c2ccccn2)cc1. The van der Waals surface area contributed by atoms with Gasteiger partial charge in [0.15, 0.2) is 0 Å². The van der Waals surface area contributed by atoms with Crippen LogP contribution in [0.25, 0.3) is 0 Å². The lowest BCUT2D eigenvalue weighted by molar-refractivity contribution is 0.219. The summed E-state index contributed by atoms with van der Waals surface area (Å²) in [6.07, 6.45) is 19.1. The zero-order chi connectivity index (χ0) is 31.8. The van der Waals surface area contributed by atoms with Crippen LogP contribution in [0, 0.1) is 0 Å². The number of benzene rings is 2. The van der Waals surface area contributed by atoms with Crippen LogP contribution in [0.15, 0.2) is 97.3 Å². The van der Waals surface area contributed by atoms with Crippen LogP contribution in [0.2, 0.25) is 0 Å². The lowest BCUT2D eigenvalue weighted by Gasteiger charge is -2.52. The van der Waals surface area contributed by atoms with Crippen LogP contribution < -0.4 is 9.47 Å². The molecule has 0 spiro atoms. The van der Waals surface area contributed by atoms with Gasteiger partial charge in [-0.05, 0) is 72.5 Å². The van der Waals surface area contributed by atoms with E-state index in [0.29, 0.717) is 0 Å². The highest BCUT2D eigenvalue weighted by Gasteiger charge is 2.54. The molecular weight excluding hydrogens is 564 g/mol. The molecule has 244 valence electrons. The van der Waals surface area contributed by atoms with E-state index in [4.69, 9.17) is 19.4 Å². The second-order valence-corrected chi connectivity index (χ2v) is 13.0. The van der Waals surface area contributed by atoms with Crippen LogP contribution in [0.4, 0.5) is 0 Å². The van der Waals surface area contributed by atoms with Crippen molar-refractivity contribution < 1.29 is 9.47 Å². The van der Waals surface area contributed by atoms with Crippen molar-refractivity contribution in [3.05, 3.63) is 120 Å². The second-order valence-electron chi connectivity index (χ2n) is 13.0. The highest BCUT2D eigenvalue weighted by molar-refractivity contribution is 5.47. The van der Waals surface area contributed by atoms with Gasteiger partial charge in [-0.25, -0.2) is 0 Å². The van der Waals surface area contributed by atoms with Crippen molar-refractivity contribution in [3.8, 4) is 11.5 Å². The number of hydrogen-bond acceptors (Lipinski definition) is 4. The van der Waals surface area contributed by atoms with E-state index in [9.17, 15) is 0 Å². The summed E-state index contributed by atoms with van der Waals surface area (Å²) in [5.74, 6) is 2.88. The van der Waals surface area contributed by atoms with Gasteiger partial charge >= 0.3 is 0 Å². The summed E-state index contributed by atoms with van der Waals surface area (Å²) in [4.78, 5) is 9.80. The smallest absolute Gasteiger partial charge is 0.119 e. The van der Waals surface area contributed by atoms with Crippen LogP contribution in [-0.4, -0.2) is 23.2 Å². The topological polar surface area (TPSA) is 44.2 Å². The first-order chi connectivity index (χ1) is 22.8. The fraction of sp³-hybridized carbons (Fsp3) is 0.476. The van der Waals surface area contributed by atoms with Crippen molar-refractivity contribution in [2.75, 3.05) is 13.2 Å². The average molecular weight is 619 g/mol. The maximum absolute atomic E-state index is 6.14. The van der Waals surface area contributed by atoms with Gasteiger partial charge in [0.25, 0.3) is 0 Å². The van der Waals surface area contributed by atoms with Gasteiger partial charge < -0.3 is 9.47 Å². The lowest BCUT2D eigenvalue weighted by Crippen LogP contribution is -2.40. The van der Waals surface area contributed by atoms with Gasteiger partial charge in [-0.3, -0.25) is 9.97 Å². The highest BCUT2D eigenvalue weighted by Crippen LogP contribution is 2.65. The van der Waals surface area contributed by atoms with Crippen LogP contribution >= 0.6 is 0 Å². The summed E-state index contributed by atoms with van der Waals surface area (Å²) in [5.41, 5.74) is 4.90. The summed E-state index contributed by atoms with van der Waals surface area (Å²) < 4.78 is 12.3. The number of hydrogen-bond donors (Lipinski definition) is 0. The predicted molar refractivity (Wildman–Crippen MR) is 190 cm³/mol. The Hall–Kier alpha value is -3.66. The first-order valence-electron chi connectivity index (χ1n) is 18.1. The molecule has 0 unspecified atom stereocenters. The number of ether oxygens (including phenoxy) is 2. The Balaban J connectivity index is 1.31. The van der Waals surface area contributed by atoms with Gasteiger partial charge in [-0.2, -0.15) is 0 Å². The zero-order valence-electron chi connectivity index (χ0n) is 28.2. The first-order valence-corrected chi connectivity index (χ1v) is 18.1. The molecule has 1 aliphatic rings. The molecule has 2 heterocycles. The molecular formula is C42H54N2O2. The predicted octanol–water partition coefficient (Wildman–Crippen LogP) is 11.4. The Bertz CT molecular complexity index is 1260. The van der Waals surface area contributed by atoms with Gasteiger partial charge in [0, 0.05) is 47.5 Å². The Labute approximate surface area is 278 Å². The summed E-state index contributed by atoms with van der Waals surface area (Å²) in [7, 11) is 0. The van der Waals surface area contributed by atoms with Crippen molar-refractivity contribution in [3.63, 3.8) is 0 Å². The molecule has 0 saturated heterocycles. The van der Waals surface area contributed by atoms with Crippen molar-refractivity contribution in [2.45, 2.75) is 115 Å². The summed E-state index contributed by atoms with van der Waals surface area (Å²) >= 11 is 0. The average Bonchev–Trinajstić information content (AvgIpc) is 3.09. The third-order valence-electron chi connectivity index (χ3n) is 9.67. The molecule has 2 aromatic heterocycles. The van der Waals surface area contributed by atoms with Crippen LogP contribution in [0.3, 0.4) is 0 Å². The van der Waals surface area contributed by atoms with Crippen molar-refractivity contribution in [2.24, 2.45) is 0 Å². The van der Waals surface area contributed by atoms with E-state index in [0.717, 1.165) is 48.9 Å². The largest absolute Gasteiger partial charge is 0.494 e. The molecule has 0 amide bonds. The maximum Gasteiger partial charge on any atom is 0.119 e. The second kappa shape index (κ2) is 18.5. The van der Waals surface area contributed by atoms with Crippen molar-refractivity contribution >= 4 is 0 Å². The molecule has 4 heteroatoms. The minimum absolute atomic E-state index is 0.234. The minimum Gasteiger partial charge on any atom is -0.494 e. The Kier molecular flexibility index (Phi) is 13.5.